The molecule has 0 bridgehead atoms. The van der Waals surface area contributed by atoms with Gasteiger partial charge in [-0.15, -0.1) is 17.5 Å². The van der Waals surface area contributed by atoms with Crippen LogP contribution < -0.4 is 14.8 Å². The molecule has 1 aliphatic carbocycles. The molecular formula is C20H24ClN5O2. The number of nitrogens with zero attached hydrogens (tertiary/aromatic N) is 4. The lowest BCUT2D eigenvalue weighted by Crippen LogP contribution is -2.15. The van der Waals surface area contributed by atoms with Crippen molar-refractivity contribution in [3.05, 3.63) is 59.4 Å². The highest BCUT2D eigenvalue weighted by Gasteiger charge is 2.20. The molecule has 0 saturated heterocycles. The van der Waals surface area contributed by atoms with E-state index in [2.05, 4.69) is 26.9 Å². The Hall–Kier alpha value is -2.64. The fraction of sp³-hybridized carbons (Fsp3) is 0.350. The fourth-order valence-corrected chi connectivity index (χ4v) is 2.82. The molecule has 0 aliphatic heterocycles. The largest absolute Gasteiger partial charge is 0.493 e. The van der Waals surface area contributed by atoms with Gasteiger partial charge in [0.25, 0.3) is 0 Å². The third-order valence-corrected chi connectivity index (χ3v) is 4.57. The highest BCUT2D eigenvalue weighted by Crippen LogP contribution is 2.29. The van der Waals surface area contributed by atoms with Gasteiger partial charge in [-0.25, -0.2) is 0 Å². The van der Waals surface area contributed by atoms with Crippen LogP contribution in [0.3, 0.4) is 0 Å². The highest BCUT2D eigenvalue weighted by atomic mass is 35.5. The van der Waals surface area contributed by atoms with E-state index in [1.54, 1.807) is 11.8 Å². The van der Waals surface area contributed by atoms with Gasteiger partial charge in [-0.05, 0) is 60.0 Å². The van der Waals surface area contributed by atoms with Crippen LogP contribution in [-0.2, 0) is 13.2 Å². The van der Waals surface area contributed by atoms with Gasteiger partial charge >= 0.3 is 0 Å². The number of tetrazole rings is 1. The van der Waals surface area contributed by atoms with Gasteiger partial charge in [-0.3, -0.25) is 0 Å². The smallest absolute Gasteiger partial charge is 0.194 e. The first-order valence-corrected chi connectivity index (χ1v) is 9.10. The summed E-state index contributed by atoms with van der Waals surface area (Å²) in [5, 5.41) is 15.4. The van der Waals surface area contributed by atoms with E-state index in [0.29, 0.717) is 23.4 Å². The van der Waals surface area contributed by atoms with Crippen LogP contribution in [0.4, 0.5) is 0 Å². The number of aromatic nitrogens is 4. The minimum absolute atomic E-state index is 0. The maximum Gasteiger partial charge on any atom is 0.194 e. The molecule has 1 N–H and O–H groups in total. The zero-order chi connectivity index (χ0) is 18.6. The van der Waals surface area contributed by atoms with E-state index >= 15 is 0 Å². The minimum Gasteiger partial charge on any atom is -0.493 e. The molecule has 1 aliphatic rings. The van der Waals surface area contributed by atoms with E-state index in [1.807, 2.05) is 43.3 Å². The molecule has 0 amide bonds. The molecule has 3 aromatic rings. The normalized spacial score (nSPS) is 13.1. The molecule has 148 valence electrons. The second-order valence-corrected chi connectivity index (χ2v) is 6.77. The van der Waals surface area contributed by atoms with Crippen LogP contribution in [0.1, 0.15) is 29.8 Å². The summed E-state index contributed by atoms with van der Waals surface area (Å²) in [4.78, 5) is 0. The second-order valence-electron chi connectivity index (χ2n) is 6.77. The summed E-state index contributed by atoms with van der Waals surface area (Å²) in [5.74, 6) is 2.01. The SMILES string of the molecule is COc1cc(CNC2CC2)ccc1OCc1nnnn1-c1ccc(C)cc1.Cl. The Morgan fingerprint density at radius 1 is 1.11 bits per heavy atom. The zero-order valence-electron chi connectivity index (χ0n) is 16.0. The van der Waals surface area contributed by atoms with Crippen molar-refractivity contribution in [2.45, 2.75) is 39.0 Å². The average Bonchev–Trinajstić information content (AvgIpc) is 3.41. The van der Waals surface area contributed by atoms with Gasteiger partial charge in [0.05, 0.1) is 12.8 Å². The number of hydrogen-bond acceptors (Lipinski definition) is 6. The molecular weight excluding hydrogens is 378 g/mol. The Labute approximate surface area is 170 Å². The van der Waals surface area contributed by atoms with Gasteiger partial charge < -0.3 is 14.8 Å². The number of rotatable bonds is 8. The van der Waals surface area contributed by atoms with E-state index in [9.17, 15) is 0 Å². The lowest BCUT2D eigenvalue weighted by Gasteiger charge is -2.12. The van der Waals surface area contributed by atoms with Crippen molar-refractivity contribution >= 4 is 12.4 Å². The predicted molar refractivity (Wildman–Crippen MR) is 108 cm³/mol. The maximum absolute atomic E-state index is 5.94. The van der Waals surface area contributed by atoms with Gasteiger partial charge in [-0.2, -0.15) is 4.68 Å². The fourth-order valence-electron chi connectivity index (χ4n) is 2.82. The van der Waals surface area contributed by atoms with E-state index < -0.39 is 0 Å². The Morgan fingerprint density at radius 3 is 2.61 bits per heavy atom. The maximum atomic E-state index is 5.94. The van der Waals surface area contributed by atoms with Gasteiger partial charge in [0.15, 0.2) is 23.9 Å². The Balaban J connectivity index is 0.00000225. The Bertz CT molecular complexity index is 909. The molecule has 4 rings (SSSR count). The van der Waals surface area contributed by atoms with Crippen LogP contribution in [0.2, 0.25) is 0 Å². The topological polar surface area (TPSA) is 74.1 Å². The van der Waals surface area contributed by atoms with Crippen molar-refractivity contribution in [1.82, 2.24) is 25.5 Å². The van der Waals surface area contributed by atoms with Crippen LogP contribution in [-0.4, -0.2) is 33.4 Å². The standard InChI is InChI=1S/C20H23N5O2.ClH/c1-14-3-8-17(9-4-14)25-20(22-23-24-25)13-27-18-10-5-15(11-19(18)26-2)12-21-16-6-7-16;/h3-5,8-11,16,21H,6-7,12-13H2,1-2H3;1H. The van der Waals surface area contributed by atoms with Crippen LogP contribution >= 0.6 is 12.4 Å². The second kappa shape index (κ2) is 9.03. The molecule has 2 aromatic carbocycles. The Morgan fingerprint density at radius 2 is 1.89 bits per heavy atom. The molecule has 0 unspecified atom stereocenters. The van der Waals surface area contributed by atoms with Crippen molar-refractivity contribution in [2.24, 2.45) is 0 Å². The first kappa shape index (κ1) is 20.1. The van der Waals surface area contributed by atoms with Crippen molar-refractivity contribution in [3.63, 3.8) is 0 Å². The molecule has 0 radical (unpaired) electrons. The molecule has 1 fully saturated rings. The molecule has 1 heterocycles. The lowest BCUT2D eigenvalue weighted by molar-refractivity contribution is 0.273. The molecule has 7 nitrogen and oxygen atoms in total. The van der Waals surface area contributed by atoms with Crippen LogP contribution in [0, 0.1) is 6.92 Å². The molecule has 1 saturated carbocycles. The minimum atomic E-state index is 0. The summed E-state index contributed by atoms with van der Waals surface area (Å²) in [7, 11) is 1.65. The number of nitrogens with one attached hydrogen (secondary N) is 1. The quantitative estimate of drug-likeness (QED) is 0.624. The van der Waals surface area contributed by atoms with Crippen molar-refractivity contribution in [2.75, 3.05) is 7.11 Å². The highest BCUT2D eigenvalue weighted by molar-refractivity contribution is 5.85. The summed E-state index contributed by atoms with van der Waals surface area (Å²) in [5.41, 5.74) is 3.26. The summed E-state index contributed by atoms with van der Waals surface area (Å²) >= 11 is 0. The summed E-state index contributed by atoms with van der Waals surface area (Å²) in [6, 6.07) is 14.7. The molecule has 8 heteroatoms. The number of ether oxygens (including phenoxy) is 2. The van der Waals surface area contributed by atoms with Crippen LogP contribution in [0.15, 0.2) is 42.5 Å². The van der Waals surface area contributed by atoms with Crippen LogP contribution in [0.5, 0.6) is 11.5 Å². The first-order valence-electron chi connectivity index (χ1n) is 9.10. The number of hydrogen-bond donors (Lipinski definition) is 1. The lowest BCUT2D eigenvalue weighted by atomic mass is 10.2. The summed E-state index contributed by atoms with van der Waals surface area (Å²) in [6.45, 7) is 3.13. The van der Waals surface area contributed by atoms with Gasteiger partial charge in [0, 0.05) is 12.6 Å². The molecule has 28 heavy (non-hydrogen) atoms. The van der Waals surface area contributed by atoms with Crippen LogP contribution in [0.25, 0.3) is 5.69 Å². The van der Waals surface area contributed by atoms with Crippen molar-refractivity contribution in [3.8, 4) is 17.2 Å². The third kappa shape index (κ3) is 4.79. The monoisotopic (exact) mass is 401 g/mol. The van der Waals surface area contributed by atoms with Gasteiger partial charge in [0.1, 0.15) is 0 Å². The van der Waals surface area contributed by atoms with Crippen molar-refractivity contribution < 1.29 is 9.47 Å². The molecule has 0 spiro atoms. The van der Waals surface area contributed by atoms with E-state index in [4.69, 9.17) is 9.47 Å². The number of halogens is 1. The molecule has 0 atom stereocenters. The summed E-state index contributed by atoms with van der Waals surface area (Å²) < 4.78 is 13.1. The number of methoxy groups -OCH3 is 1. The number of benzene rings is 2. The van der Waals surface area contributed by atoms with Crippen molar-refractivity contribution in [1.29, 1.82) is 0 Å². The molecule has 1 aromatic heterocycles. The Kier molecular flexibility index (Phi) is 6.49. The van der Waals surface area contributed by atoms with E-state index in [0.717, 1.165) is 12.2 Å². The van der Waals surface area contributed by atoms with Gasteiger partial charge in [0.2, 0.25) is 0 Å². The van der Waals surface area contributed by atoms with E-state index in [-0.39, 0.29) is 19.0 Å². The first-order chi connectivity index (χ1) is 13.2. The van der Waals surface area contributed by atoms with Gasteiger partial charge in [-0.1, -0.05) is 23.8 Å². The summed E-state index contributed by atoms with van der Waals surface area (Å²) in [6.07, 6.45) is 2.54. The average molecular weight is 402 g/mol. The number of aryl methyl sites for hydroxylation is 1. The van der Waals surface area contributed by atoms with E-state index in [1.165, 1.54) is 24.0 Å². The predicted octanol–water partition coefficient (Wildman–Crippen LogP) is 3.23. The zero-order valence-corrected chi connectivity index (χ0v) is 16.8. The third-order valence-electron chi connectivity index (χ3n) is 4.57.